The maximum Gasteiger partial charge on any atom is 0.264 e. The normalized spacial score (nSPS) is 17.9. The summed E-state index contributed by atoms with van der Waals surface area (Å²) in [6, 6.07) is 1.62. The summed E-state index contributed by atoms with van der Waals surface area (Å²) in [5.41, 5.74) is 0.137. The van der Waals surface area contributed by atoms with Gasteiger partial charge >= 0.3 is 0 Å². The molecule has 1 aliphatic heterocycles. The summed E-state index contributed by atoms with van der Waals surface area (Å²) in [5, 5.41) is 5.52. The summed E-state index contributed by atoms with van der Waals surface area (Å²) in [6.07, 6.45) is 0.383. The number of nitrogens with zero attached hydrogens (tertiary/aromatic N) is 2. The van der Waals surface area contributed by atoms with Gasteiger partial charge < -0.3 is 5.32 Å². The Morgan fingerprint density at radius 3 is 2.68 bits per heavy atom. The molecule has 1 fully saturated rings. The lowest BCUT2D eigenvalue weighted by atomic mass is 10.0. The molecule has 1 unspecified atom stereocenters. The van der Waals surface area contributed by atoms with Crippen LogP contribution in [0.2, 0.25) is 0 Å². The number of rotatable bonds is 3. The molecule has 1 atom stereocenters. The van der Waals surface area contributed by atoms with Gasteiger partial charge in [0.1, 0.15) is 17.7 Å². The van der Waals surface area contributed by atoms with Gasteiger partial charge in [-0.1, -0.05) is 0 Å². The van der Waals surface area contributed by atoms with E-state index in [1.807, 2.05) is 13.8 Å². The predicted molar refractivity (Wildman–Crippen MR) is 90.9 cm³/mol. The molecule has 0 bridgehead atoms. The molecule has 1 saturated heterocycles. The largest absolute Gasteiger partial charge is 0.382 e. The van der Waals surface area contributed by atoms with E-state index in [0.717, 1.165) is 0 Å². The highest BCUT2D eigenvalue weighted by Gasteiger charge is 2.31. The fourth-order valence-corrected chi connectivity index (χ4v) is 3.12. The van der Waals surface area contributed by atoms with E-state index in [9.17, 15) is 18.8 Å². The van der Waals surface area contributed by atoms with Crippen molar-refractivity contribution in [1.29, 1.82) is 0 Å². The second-order valence-electron chi connectivity index (χ2n) is 6.45. The molecule has 1 aromatic heterocycles. The van der Waals surface area contributed by atoms with Crippen molar-refractivity contribution < 1.29 is 14.0 Å². The summed E-state index contributed by atoms with van der Waals surface area (Å²) in [7, 11) is 0. The minimum Gasteiger partial charge on any atom is -0.382 e. The number of hydrogen-bond donors (Lipinski definition) is 2. The second kappa shape index (κ2) is 6.27. The molecule has 25 heavy (non-hydrogen) atoms. The third kappa shape index (κ3) is 3.11. The topological polar surface area (TPSA) is 93.1 Å². The average molecular weight is 346 g/mol. The molecule has 0 aliphatic carbocycles. The minimum absolute atomic E-state index is 0.0187. The number of fused-ring (bicyclic) bond motifs is 1. The first kappa shape index (κ1) is 17.1. The summed E-state index contributed by atoms with van der Waals surface area (Å²) in [6.45, 7) is 5.33. The molecule has 3 rings (SSSR count). The van der Waals surface area contributed by atoms with E-state index >= 15 is 0 Å². The first-order chi connectivity index (χ1) is 11.8. The van der Waals surface area contributed by atoms with Crippen LogP contribution in [0.25, 0.3) is 10.9 Å². The number of anilines is 1. The Kier molecular flexibility index (Phi) is 4.28. The third-order valence-electron chi connectivity index (χ3n) is 4.11. The number of piperidine rings is 1. The fourth-order valence-electron chi connectivity index (χ4n) is 3.12. The van der Waals surface area contributed by atoms with Crippen LogP contribution in [-0.4, -0.2) is 27.4 Å². The lowest BCUT2D eigenvalue weighted by molar-refractivity contribution is -0.135. The predicted octanol–water partition coefficient (Wildman–Crippen LogP) is 1.64. The van der Waals surface area contributed by atoms with Crippen LogP contribution in [0.5, 0.6) is 0 Å². The number of halogens is 1. The molecular formula is C17H19FN4O3. The number of aromatic nitrogens is 2. The molecule has 2 aromatic rings. The monoisotopic (exact) mass is 346 g/mol. The molecule has 1 aromatic carbocycles. The van der Waals surface area contributed by atoms with Gasteiger partial charge in [0.25, 0.3) is 5.56 Å². The maximum atomic E-state index is 13.9. The molecule has 132 valence electrons. The highest BCUT2D eigenvalue weighted by atomic mass is 19.1. The van der Waals surface area contributed by atoms with Gasteiger partial charge in [0.15, 0.2) is 0 Å². The van der Waals surface area contributed by atoms with Gasteiger partial charge in [-0.25, -0.2) is 9.37 Å². The summed E-state index contributed by atoms with van der Waals surface area (Å²) >= 11 is 0. The van der Waals surface area contributed by atoms with Crippen LogP contribution >= 0.6 is 0 Å². The molecule has 1 aliphatic rings. The number of imide groups is 1. The molecule has 2 amide bonds. The smallest absolute Gasteiger partial charge is 0.264 e. The maximum absolute atomic E-state index is 13.9. The summed E-state index contributed by atoms with van der Waals surface area (Å²) in [5.74, 6) is -1.08. The Labute approximate surface area is 143 Å². The van der Waals surface area contributed by atoms with E-state index < -0.39 is 23.3 Å². The van der Waals surface area contributed by atoms with Crippen molar-refractivity contribution in [1.82, 2.24) is 14.9 Å². The van der Waals surface area contributed by atoms with E-state index in [4.69, 9.17) is 0 Å². The third-order valence-corrected chi connectivity index (χ3v) is 4.11. The number of aryl methyl sites for hydroxylation is 1. The van der Waals surface area contributed by atoms with Crippen LogP contribution in [0.1, 0.15) is 38.6 Å². The molecule has 0 saturated carbocycles. The van der Waals surface area contributed by atoms with Crippen LogP contribution in [0.4, 0.5) is 10.1 Å². The van der Waals surface area contributed by atoms with Crippen LogP contribution in [0, 0.1) is 12.7 Å². The minimum atomic E-state index is -0.806. The van der Waals surface area contributed by atoms with Crippen LogP contribution in [-0.2, 0) is 9.59 Å². The van der Waals surface area contributed by atoms with Crippen LogP contribution in [0.15, 0.2) is 16.9 Å². The standard InChI is InChI=1S/C17H19FN4O3/c1-8(2)19-11-6-10(18)7-12-15(11)17(25)22(9(3)20-12)13-4-5-14(23)21-16(13)24/h6-8,13,19H,4-5H2,1-3H3,(H,21,23,24). The Bertz CT molecular complexity index is 936. The van der Waals surface area contributed by atoms with Crippen molar-refractivity contribution in [2.24, 2.45) is 0 Å². The Balaban J connectivity index is 2.24. The molecule has 7 nitrogen and oxygen atoms in total. The number of benzene rings is 1. The van der Waals surface area contributed by atoms with Gasteiger partial charge in [-0.2, -0.15) is 0 Å². The van der Waals surface area contributed by atoms with E-state index in [1.165, 1.54) is 16.7 Å². The molecule has 2 N–H and O–H groups in total. The quantitative estimate of drug-likeness (QED) is 0.824. The van der Waals surface area contributed by atoms with Gasteiger partial charge in [-0.15, -0.1) is 0 Å². The fraction of sp³-hybridized carbons (Fsp3) is 0.412. The zero-order valence-electron chi connectivity index (χ0n) is 14.2. The zero-order chi connectivity index (χ0) is 18.3. The number of carbonyl (C=O) groups is 2. The van der Waals surface area contributed by atoms with Gasteiger partial charge in [0.05, 0.1) is 16.6 Å². The Hall–Kier alpha value is -2.77. The highest BCUT2D eigenvalue weighted by Crippen LogP contribution is 2.25. The first-order valence-corrected chi connectivity index (χ1v) is 8.10. The Morgan fingerprint density at radius 1 is 1.32 bits per heavy atom. The van der Waals surface area contributed by atoms with Crippen molar-refractivity contribution in [3.63, 3.8) is 0 Å². The van der Waals surface area contributed by atoms with Crippen LogP contribution in [0.3, 0.4) is 0 Å². The van der Waals surface area contributed by atoms with E-state index in [2.05, 4.69) is 15.6 Å². The van der Waals surface area contributed by atoms with Gasteiger partial charge in [-0.3, -0.25) is 24.3 Å². The highest BCUT2D eigenvalue weighted by molar-refractivity contribution is 5.99. The van der Waals surface area contributed by atoms with Crippen molar-refractivity contribution in [2.45, 2.75) is 45.7 Å². The van der Waals surface area contributed by atoms with E-state index in [-0.39, 0.29) is 35.7 Å². The average Bonchev–Trinajstić information content (AvgIpc) is 2.47. The zero-order valence-corrected chi connectivity index (χ0v) is 14.2. The van der Waals surface area contributed by atoms with Crippen molar-refractivity contribution in [3.8, 4) is 0 Å². The molecule has 2 heterocycles. The number of amides is 2. The number of hydrogen-bond acceptors (Lipinski definition) is 5. The first-order valence-electron chi connectivity index (χ1n) is 8.10. The number of carbonyl (C=O) groups excluding carboxylic acids is 2. The molecule has 0 radical (unpaired) electrons. The van der Waals surface area contributed by atoms with E-state index in [1.54, 1.807) is 6.92 Å². The number of nitrogens with one attached hydrogen (secondary N) is 2. The van der Waals surface area contributed by atoms with Crippen LogP contribution < -0.4 is 16.2 Å². The summed E-state index contributed by atoms with van der Waals surface area (Å²) < 4.78 is 15.2. The second-order valence-corrected chi connectivity index (χ2v) is 6.45. The lowest BCUT2D eigenvalue weighted by Gasteiger charge is -2.25. The van der Waals surface area contributed by atoms with Crippen molar-refractivity contribution in [3.05, 3.63) is 34.1 Å². The molecular weight excluding hydrogens is 327 g/mol. The van der Waals surface area contributed by atoms with E-state index in [0.29, 0.717) is 11.5 Å². The van der Waals surface area contributed by atoms with Gasteiger partial charge in [0.2, 0.25) is 11.8 Å². The SMILES string of the molecule is Cc1nc2cc(F)cc(NC(C)C)c2c(=O)n1C1CCC(=O)NC1=O. The van der Waals surface area contributed by atoms with Gasteiger partial charge in [-0.05, 0) is 33.3 Å². The molecule has 8 heteroatoms. The molecule has 0 spiro atoms. The van der Waals surface area contributed by atoms with Gasteiger partial charge in [0, 0.05) is 18.5 Å². The van der Waals surface area contributed by atoms with Crippen molar-refractivity contribution >= 4 is 28.4 Å². The lowest BCUT2D eigenvalue weighted by Crippen LogP contribution is -2.45. The Morgan fingerprint density at radius 2 is 2.04 bits per heavy atom. The summed E-state index contributed by atoms with van der Waals surface area (Å²) in [4.78, 5) is 40.9. The van der Waals surface area contributed by atoms with Crippen molar-refractivity contribution in [2.75, 3.05) is 5.32 Å².